The van der Waals surface area contributed by atoms with E-state index in [0.29, 0.717) is 15.8 Å². The molecule has 0 radical (unpaired) electrons. The Labute approximate surface area is 121 Å². The zero-order valence-electron chi connectivity index (χ0n) is 11.1. The van der Waals surface area contributed by atoms with Crippen molar-refractivity contribution < 1.29 is 14.3 Å². The fraction of sp³-hybridized carbons (Fsp3) is 0.429. The third-order valence-corrected chi connectivity index (χ3v) is 3.20. The van der Waals surface area contributed by atoms with Crippen molar-refractivity contribution in [3.05, 3.63) is 28.2 Å². The number of ether oxygens (including phenoxy) is 1. The number of carbonyl (C=O) groups is 2. The Balaban J connectivity index is 2.48. The summed E-state index contributed by atoms with van der Waals surface area (Å²) in [6.07, 6.45) is 2.73. The molecule has 0 heterocycles. The number of benzene rings is 1. The Morgan fingerprint density at radius 2 is 2.26 bits per heavy atom. The highest BCUT2D eigenvalue weighted by Crippen LogP contribution is 2.25. The van der Waals surface area contributed by atoms with Crippen LogP contribution in [0.2, 0.25) is 0 Å². The van der Waals surface area contributed by atoms with Gasteiger partial charge in [-0.3, -0.25) is 9.59 Å². The van der Waals surface area contributed by atoms with Gasteiger partial charge >= 0.3 is 0 Å². The zero-order valence-corrected chi connectivity index (χ0v) is 12.7. The summed E-state index contributed by atoms with van der Waals surface area (Å²) in [6, 6.07) is 5.11. The summed E-state index contributed by atoms with van der Waals surface area (Å²) in [7, 11) is 0. The minimum atomic E-state index is -0.146. The molecule has 0 aliphatic heterocycles. The fourth-order valence-corrected chi connectivity index (χ4v) is 2.18. The molecule has 0 bridgehead atoms. The molecule has 5 heteroatoms. The summed E-state index contributed by atoms with van der Waals surface area (Å²) in [5.41, 5.74) is 0.556. The van der Waals surface area contributed by atoms with Gasteiger partial charge in [-0.2, -0.15) is 0 Å². The second-order valence-electron chi connectivity index (χ2n) is 4.35. The van der Waals surface area contributed by atoms with Gasteiger partial charge in [0.15, 0.2) is 6.61 Å². The van der Waals surface area contributed by atoms with Gasteiger partial charge in [0.05, 0.1) is 4.47 Å². The summed E-state index contributed by atoms with van der Waals surface area (Å²) in [5.74, 6) is 0.399. The van der Waals surface area contributed by atoms with Gasteiger partial charge in [0.25, 0.3) is 5.91 Å². The number of hydrogen-bond acceptors (Lipinski definition) is 3. The van der Waals surface area contributed by atoms with E-state index in [0.717, 1.165) is 19.1 Å². The van der Waals surface area contributed by atoms with Crippen molar-refractivity contribution in [3.63, 3.8) is 0 Å². The minimum absolute atomic E-state index is 0.0346. The highest BCUT2D eigenvalue weighted by molar-refractivity contribution is 9.10. The second kappa shape index (κ2) is 7.94. The van der Waals surface area contributed by atoms with Crippen LogP contribution in [0.15, 0.2) is 22.7 Å². The Kier molecular flexibility index (Phi) is 6.56. The lowest BCUT2D eigenvalue weighted by Gasteiger charge is -2.13. The maximum Gasteiger partial charge on any atom is 0.258 e. The van der Waals surface area contributed by atoms with Crippen molar-refractivity contribution in [1.29, 1.82) is 0 Å². The molecular weight excluding hydrogens is 310 g/mol. The molecule has 0 unspecified atom stereocenters. The highest BCUT2D eigenvalue weighted by Gasteiger charge is 2.09. The molecule has 1 rings (SSSR count). The number of hydrogen-bond donors (Lipinski definition) is 1. The van der Waals surface area contributed by atoms with Gasteiger partial charge in [-0.25, -0.2) is 0 Å². The monoisotopic (exact) mass is 327 g/mol. The molecule has 1 N–H and O–H groups in total. The van der Waals surface area contributed by atoms with E-state index in [-0.39, 0.29) is 18.6 Å². The van der Waals surface area contributed by atoms with E-state index in [1.54, 1.807) is 18.2 Å². The molecule has 104 valence electrons. The number of rotatable bonds is 7. The van der Waals surface area contributed by atoms with Gasteiger partial charge < -0.3 is 10.1 Å². The van der Waals surface area contributed by atoms with Gasteiger partial charge in [0, 0.05) is 11.6 Å². The molecule has 4 nitrogen and oxygen atoms in total. The molecule has 0 spiro atoms. The maximum absolute atomic E-state index is 11.6. The van der Waals surface area contributed by atoms with Gasteiger partial charge in [-0.05, 0) is 47.5 Å². The second-order valence-corrected chi connectivity index (χ2v) is 5.21. The van der Waals surface area contributed by atoms with Crippen LogP contribution in [0.1, 0.15) is 37.0 Å². The molecule has 0 aromatic heterocycles. The van der Waals surface area contributed by atoms with Crippen LogP contribution in [-0.4, -0.2) is 24.8 Å². The summed E-state index contributed by atoms with van der Waals surface area (Å²) in [5, 5.41) is 2.86. The highest BCUT2D eigenvalue weighted by atomic mass is 79.9. The summed E-state index contributed by atoms with van der Waals surface area (Å²) >= 11 is 3.30. The van der Waals surface area contributed by atoms with Crippen LogP contribution in [0.5, 0.6) is 5.75 Å². The van der Waals surface area contributed by atoms with Crippen LogP contribution in [0.25, 0.3) is 0 Å². The molecule has 1 amide bonds. The van der Waals surface area contributed by atoms with Gasteiger partial charge in [0.1, 0.15) is 12.0 Å². The predicted octanol–water partition coefficient (Wildman–Crippen LogP) is 2.95. The number of halogens is 1. The summed E-state index contributed by atoms with van der Waals surface area (Å²) in [6.45, 7) is 4.01. The van der Waals surface area contributed by atoms with Crippen molar-refractivity contribution in [1.82, 2.24) is 5.32 Å². The lowest BCUT2D eigenvalue weighted by Crippen LogP contribution is -2.35. The van der Waals surface area contributed by atoms with E-state index in [2.05, 4.69) is 28.2 Å². The maximum atomic E-state index is 11.6. The van der Waals surface area contributed by atoms with Crippen molar-refractivity contribution in [3.8, 4) is 5.75 Å². The average Bonchev–Trinajstić information content (AvgIpc) is 2.37. The summed E-state index contributed by atoms with van der Waals surface area (Å²) < 4.78 is 6.06. The van der Waals surface area contributed by atoms with E-state index in [9.17, 15) is 9.59 Å². The van der Waals surface area contributed by atoms with E-state index in [4.69, 9.17) is 4.74 Å². The Morgan fingerprint density at radius 3 is 2.84 bits per heavy atom. The first-order valence-corrected chi connectivity index (χ1v) is 7.03. The Morgan fingerprint density at radius 1 is 1.53 bits per heavy atom. The van der Waals surface area contributed by atoms with E-state index in [1.807, 2.05) is 6.92 Å². The third kappa shape index (κ3) is 5.42. The largest absolute Gasteiger partial charge is 0.483 e. The van der Waals surface area contributed by atoms with Gasteiger partial charge in [-0.1, -0.05) is 13.3 Å². The van der Waals surface area contributed by atoms with Crippen molar-refractivity contribution in [2.45, 2.75) is 32.7 Å². The van der Waals surface area contributed by atoms with Gasteiger partial charge in [0.2, 0.25) is 0 Å². The molecule has 1 aromatic carbocycles. The third-order valence-electron chi connectivity index (χ3n) is 2.58. The Hall–Kier alpha value is -1.36. The summed E-state index contributed by atoms with van der Waals surface area (Å²) in [4.78, 5) is 22.2. The van der Waals surface area contributed by atoms with E-state index < -0.39 is 0 Å². The van der Waals surface area contributed by atoms with Crippen LogP contribution in [-0.2, 0) is 4.79 Å². The normalized spacial score (nSPS) is 11.7. The molecule has 1 aromatic rings. The van der Waals surface area contributed by atoms with Crippen molar-refractivity contribution in [2.75, 3.05) is 6.61 Å². The molecular formula is C14H18BrNO3. The first kappa shape index (κ1) is 15.7. The average molecular weight is 328 g/mol. The van der Waals surface area contributed by atoms with Gasteiger partial charge in [-0.15, -0.1) is 0 Å². The lowest BCUT2D eigenvalue weighted by atomic mass is 10.2. The SMILES string of the molecule is CCC[C@H](C)NC(=O)COc1ccc(C=O)cc1Br. The molecule has 0 saturated carbocycles. The lowest BCUT2D eigenvalue weighted by molar-refractivity contribution is -0.123. The van der Waals surface area contributed by atoms with Crippen LogP contribution in [0.3, 0.4) is 0 Å². The molecule has 1 atom stereocenters. The number of carbonyl (C=O) groups excluding carboxylic acids is 2. The zero-order chi connectivity index (χ0) is 14.3. The Bertz CT molecular complexity index is 448. The first-order valence-electron chi connectivity index (χ1n) is 6.23. The smallest absolute Gasteiger partial charge is 0.258 e. The van der Waals surface area contributed by atoms with E-state index in [1.165, 1.54) is 0 Å². The predicted molar refractivity (Wildman–Crippen MR) is 77.5 cm³/mol. The fourth-order valence-electron chi connectivity index (χ4n) is 1.67. The number of aldehydes is 1. The van der Waals surface area contributed by atoms with Crippen LogP contribution in [0.4, 0.5) is 0 Å². The van der Waals surface area contributed by atoms with Crippen molar-refractivity contribution >= 4 is 28.1 Å². The van der Waals surface area contributed by atoms with Crippen LogP contribution >= 0.6 is 15.9 Å². The molecule has 0 fully saturated rings. The standard InChI is InChI=1S/C14H18BrNO3/c1-3-4-10(2)16-14(18)9-19-13-6-5-11(8-17)7-12(13)15/h5-8,10H,3-4,9H2,1-2H3,(H,16,18)/t10-/m0/s1. The van der Waals surface area contributed by atoms with E-state index >= 15 is 0 Å². The van der Waals surface area contributed by atoms with Crippen LogP contribution in [0, 0.1) is 0 Å². The quantitative estimate of drug-likeness (QED) is 0.783. The molecule has 19 heavy (non-hydrogen) atoms. The van der Waals surface area contributed by atoms with Crippen molar-refractivity contribution in [2.24, 2.45) is 0 Å². The minimum Gasteiger partial charge on any atom is -0.483 e. The number of nitrogens with one attached hydrogen (secondary N) is 1. The topological polar surface area (TPSA) is 55.4 Å². The van der Waals surface area contributed by atoms with Crippen LogP contribution < -0.4 is 10.1 Å². The first-order chi connectivity index (χ1) is 9.06. The number of amides is 1. The molecule has 0 saturated heterocycles. The molecule has 0 aliphatic rings. The molecule has 0 aliphatic carbocycles.